The molecule has 1 aliphatic rings. The van der Waals surface area contributed by atoms with Crippen LogP contribution in [0.25, 0.3) is 0 Å². The predicted molar refractivity (Wildman–Crippen MR) is 107 cm³/mol. The molecule has 1 unspecified atom stereocenters. The zero-order valence-corrected chi connectivity index (χ0v) is 16.0. The van der Waals surface area contributed by atoms with E-state index >= 15 is 0 Å². The first-order valence-electron chi connectivity index (χ1n) is 9.79. The van der Waals surface area contributed by atoms with Crippen molar-refractivity contribution in [1.82, 2.24) is 15.2 Å². The molecule has 3 rings (SSSR count). The molecule has 0 bridgehead atoms. The fraction of sp³-hybridized carbons (Fsp3) is 0.455. The second-order valence-electron chi connectivity index (χ2n) is 7.33. The lowest BCUT2D eigenvalue weighted by Crippen LogP contribution is -2.46. The second-order valence-corrected chi connectivity index (χ2v) is 7.33. The molecule has 5 nitrogen and oxygen atoms in total. The summed E-state index contributed by atoms with van der Waals surface area (Å²) in [5.41, 5.74) is 3.16. The average molecular weight is 367 g/mol. The van der Waals surface area contributed by atoms with Crippen molar-refractivity contribution in [2.45, 2.75) is 38.7 Å². The summed E-state index contributed by atoms with van der Waals surface area (Å²) in [6.45, 7) is 3.96. The number of hydrogen-bond donors (Lipinski definition) is 2. The van der Waals surface area contributed by atoms with Gasteiger partial charge in [-0.15, -0.1) is 0 Å². The summed E-state index contributed by atoms with van der Waals surface area (Å²) in [6, 6.07) is 16.0. The number of pyridine rings is 1. The molecule has 1 aliphatic heterocycles. The van der Waals surface area contributed by atoms with E-state index in [2.05, 4.69) is 22.4 Å². The number of urea groups is 1. The number of aromatic nitrogens is 1. The molecular formula is C22H29N3O2. The van der Waals surface area contributed by atoms with Gasteiger partial charge in [0.05, 0.1) is 6.10 Å². The highest BCUT2D eigenvalue weighted by Crippen LogP contribution is 2.23. The molecule has 144 valence electrons. The summed E-state index contributed by atoms with van der Waals surface area (Å²) in [4.78, 5) is 18.7. The molecule has 0 spiro atoms. The van der Waals surface area contributed by atoms with Crippen LogP contribution in [0.1, 0.15) is 29.8 Å². The third kappa shape index (κ3) is 5.79. The number of nitrogens with one attached hydrogen (secondary N) is 1. The van der Waals surface area contributed by atoms with Gasteiger partial charge in [0.25, 0.3) is 0 Å². The molecule has 1 saturated heterocycles. The van der Waals surface area contributed by atoms with Crippen LogP contribution in [0.15, 0.2) is 48.5 Å². The molecule has 1 atom stereocenters. The van der Waals surface area contributed by atoms with Crippen LogP contribution in [-0.4, -0.2) is 46.8 Å². The summed E-state index contributed by atoms with van der Waals surface area (Å²) in [6.07, 6.45) is 2.77. The SMILES string of the molecule is Cc1cccc(CCNC(=O)N2CCC(C(O)Cc3ccccc3)CC2)n1. The van der Waals surface area contributed by atoms with E-state index in [1.807, 2.05) is 48.2 Å². The third-order valence-electron chi connectivity index (χ3n) is 5.26. The first-order chi connectivity index (χ1) is 13.1. The maximum atomic E-state index is 12.4. The van der Waals surface area contributed by atoms with Gasteiger partial charge in [0.1, 0.15) is 0 Å². The standard InChI is InChI=1S/C22H29N3O2/c1-17-6-5-9-20(24-17)10-13-23-22(27)25-14-11-19(12-15-25)21(26)16-18-7-3-2-4-8-18/h2-9,19,21,26H,10-16H2,1H3,(H,23,27). The highest BCUT2D eigenvalue weighted by Gasteiger charge is 2.27. The van der Waals surface area contributed by atoms with E-state index in [-0.39, 0.29) is 18.1 Å². The van der Waals surface area contributed by atoms with Crippen molar-refractivity contribution in [3.8, 4) is 0 Å². The van der Waals surface area contributed by atoms with E-state index in [4.69, 9.17) is 0 Å². The number of aryl methyl sites for hydroxylation is 1. The number of rotatable bonds is 6. The second kappa shape index (κ2) is 9.51. The van der Waals surface area contributed by atoms with Crippen LogP contribution in [-0.2, 0) is 12.8 Å². The zero-order chi connectivity index (χ0) is 19.1. The molecule has 0 radical (unpaired) electrons. The largest absolute Gasteiger partial charge is 0.392 e. The summed E-state index contributed by atoms with van der Waals surface area (Å²) in [7, 11) is 0. The van der Waals surface area contributed by atoms with E-state index < -0.39 is 0 Å². The Hall–Kier alpha value is -2.40. The first kappa shape index (κ1) is 19.4. The monoisotopic (exact) mass is 367 g/mol. The summed E-state index contributed by atoms with van der Waals surface area (Å²) >= 11 is 0. The molecular weight excluding hydrogens is 338 g/mol. The van der Waals surface area contributed by atoms with Crippen LogP contribution in [0.4, 0.5) is 4.79 Å². The molecule has 5 heteroatoms. The quantitative estimate of drug-likeness (QED) is 0.825. The van der Waals surface area contributed by atoms with Gasteiger partial charge >= 0.3 is 6.03 Å². The summed E-state index contributed by atoms with van der Waals surface area (Å²) in [5, 5.41) is 13.5. The number of carbonyl (C=O) groups excluding carboxylic acids is 1. The number of aliphatic hydroxyl groups excluding tert-OH is 1. The highest BCUT2D eigenvalue weighted by molar-refractivity contribution is 5.74. The van der Waals surface area contributed by atoms with Crippen molar-refractivity contribution < 1.29 is 9.90 Å². The van der Waals surface area contributed by atoms with E-state index in [0.717, 1.165) is 36.2 Å². The number of piperidine rings is 1. The predicted octanol–water partition coefficient (Wildman–Crippen LogP) is 2.96. The number of benzene rings is 1. The number of hydrogen-bond acceptors (Lipinski definition) is 3. The van der Waals surface area contributed by atoms with Gasteiger partial charge in [0.15, 0.2) is 0 Å². The Morgan fingerprint density at radius 2 is 1.93 bits per heavy atom. The Bertz CT molecular complexity index is 727. The fourth-order valence-electron chi connectivity index (χ4n) is 3.66. The first-order valence-corrected chi connectivity index (χ1v) is 9.79. The minimum absolute atomic E-state index is 0.0151. The number of amides is 2. The van der Waals surface area contributed by atoms with Crippen LogP contribution < -0.4 is 5.32 Å². The Kier molecular flexibility index (Phi) is 6.82. The van der Waals surface area contributed by atoms with Gasteiger partial charge in [-0.2, -0.15) is 0 Å². The van der Waals surface area contributed by atoms with Gasteiger partial charge in [-0.05, 0) is 49.8 Å². The van der Waals surface area contributed by atoms with Gasteiger partial charge in [0, 0.05) is 37.4 Å². The molecule has 1 aromatic carbocycles. The topological polar surface area (TPSA) is 65.5 Å². The number of aliphatic hydroxyl groups is 1. The number of nitrogens with zero attached hydrogens (tertiary/aromatic N) is 2. The molecule has 2 heterocycles. The lowest BCUT2D eigenvalue weighted by molar-refractivity contribution is 0.0672. The maximum absolute atomic E-state index is 12.4. The van der Waals surface area contributed by atoms with Gasteiger partial charge in [-0.3, -0.25) is 4.98 Å². The molecule has 0 saturated carbocycles. The van der Waals surface area contributed by atoms with Crippen molar-refractivity contribution >= 4 is 6.03 Å². The van der Waals surface area contributed by atoms with Crippen LogP contribution in [0.3, 0.4) is 0 Å². The molecule has 0 aliphatic carbocycles. The number of likely N-dealkylation sites (tertiary alicyclic amines) is 1. The number of carbonyl (C=O) groups is 1. The van der Waals surface area contributed by atoms with Crippen molar-refractivity contribution in [3.05, 3.63) is 65.5 Å². The summed E-state index contributed by atoms with van der Waals surface area (Å²) < 4.78 is 0. The van der Waals surface area contributed by atoms with Crippen molar-refractivity contribution in [1.29, 1.82) is 0 Å². The Labute approximate surface area is 161 Å². The zero-order valence-electron chi connectivity index (χ0n) is 16.0. The Balaban J connectivity index is 1.38. The average Bonchev–Trinajstić information content (AvgIpc) is 2.69. The summed E-state index contributed by atoms with van der Waals surface area (Å²) in [5.74, 6) is 0.255. The van der Waals surface area contributed by atoms with E-state index in [9.17, 15) is 9.90 Å². The van der Waals surface area contributed by atoms with Crippen LogP contribution in [0, 0.1) is 12.8 Å². The lowest BCUT2D eigenvalue weighted by atomic mass is 9.88. The molecule has 1 fully saturated rings. The van der Waals surface area contributed by atoms with Gasteiger partial charge in [0.2, 0.25) is 0 Å². The van der Waals surface area contributed by atoms with Gasteiger partial charge in [-0.1, -0.05) is 36.4 Å². The minimum Gasteiger partial charge on any atom is -0.392 e. The maximum Gasteiger partial charge on any atom is 0.317 e. The molecule has 27 heavy (non-hydrogen) atoms. The smallest absolute Gasteiger partial charge is 0.317 e. The molecule has 2 aromatic rings. The normalized spacial score (nSPS) is 16.1. The van der Waals surface area contributed by atoms with Crippen molar-refractivity contribution in [3.63, 3.8) is 0 Å². The highest BCUT2D eigenvalue weighted by atomic mass is 16.3. The van der Waals surface area contributed by atoms with Gasteiger partial charge < -0.3 is 15.3 Å². The van der Waals surface area contributed by atoms with Crippen LogP contribution in [0.2, 0.25) is 0 Å². The lowest BCUT2D eigenvalue weighted by Gasteiger charge is -2.34. The van der Waals surface area contributed by atoms with Gasteiger partial charge in [-0.25, -0.2) is 4.79 Å². The van der Waals surface area contributed by atoms with Crippen LogP contribution in [0.5, 0.6) is 0 Å². The molecule has 2 N–H and O–H groups in total. The Morgan fingerprint density at radius 3 is 2.63 bits per heavy atom. The third-order valence-corrected chi connectivity index (χ3v) is 5.26. The van der Waals surface area contributed by atoms with E-state index in [0.29, 0.717) is 26.1 Å². The van der Waals surface area contributed by atoms with E-state index in [1.165, 1.54) is 0 Å². The van der Waals surface area contributed by atoms with Crippen molar-refractivity contribution in [2.75, 3.05) is 19.6 Å². The molecule has 2 amide bonds. The van der Waals surface area contributed by atoms with E-state index in [1.54, 1.807) is 0 Å². The minimum atomic E-state index is -0.343. The van der Waals surface area contributed by atoms with Crippen LogP contribution >= 0.6 is 0 Å². The fourth-order valence-corrected chi connectivity index (χ4v) is 3.66. The molecule has 1 aromatic heterocycles. The Morgan fingerprint density at radius 1 is 1.19 bits per heavy atom. The van der Waals surface area contributed by atoms with Crippen molar-refractivity contribution in [2.24, 2.45) is 5.92 Å².